The van der Waals surface area contributed by atoms with E-state index in [4.69, 9.17) is 0 Å². The molecule has 0 spiro atoms. The number of hydrogen-bond acceptors (Lipinski definition) is 3. The van der Waals surface area contributed by atoms with Gasteiger partial charge < -0.3 is 10.6 Å². The number of anilines is 2. The Labute approximate surface area is 116 Å². The number of aromatic nitrogens is 2. The van der Waals surface area contributed by atoms with E-state index >= 15 is 0 Å². The van der Waals surface area contributed by atoms with Gasteiger partial charge in [-0.05, 0) is 31.2 Å². The maximum atomic E-state index is 12.0. The first kappa shape index (κ1) is 13.8. The van der Waals surface area contributed by atoms with Gasteiger partial charge in [0.15, 0.2) is 5.69 Å². The quantitative estimate of drug-likeness (QED) is 0.896. The number of rotatable bonds is 3. The van der Waals surface area contributed by atoms with Crippen molar-refractivity contribution < 1.29 is 9.59 Å². The van der Waals surface area contributed by atoms with Crippen molar-refractivity contribution in [2.75, 3.05) is 10.6 Å². The van der Waals surface area contributed by atoms with Crippen molar-refractivity contribution in [1.82, 2.24) is 9.78 Å². The van der Waals surface area contributed by atoms with Gasteiger partial charge in [-0.2, -0.15) is 5.10 Å². The summed E-state index contributed by atoms with van der Waals surface area (Å²) in [7, 11) is 1.78. The fraction of sp³-hybridized carbons (Fsp3) is 0.214. The van der Waals surface area contributed by atoms with Crippen LogP contribution in [0.5, 0.6) is 0 Å². The average Bonchev–Trinajstić information content (AvgIpc) is 2.69. The van der Waals surface area contributed by atoms with Crippen LogP contribution in [0.4, 0.5) is 11.4 Å². The van der Waals surface area contributed by atoms with E-state index in [1.54, 1.807) is 42.1 Å². The Morgan fingerprint density at radius 2 is 1.80 bits per heavy atom. The third kappa shape index (κ3) is 3.23. The van der Waals surface area contributed by atoms with E-state index in [2.05, 4.69) is 15.7 Å². The summed E-state index contributed by atoms with van der Waals surface area (Å²) < 4.78 is 1.64. The second-order valence-corrected chi connectivity index (χ2v) is 4.51. The molecule has 20 heavy (non-hydrogen) atoms. The molecule has 0 bridgehead atoms. The Morgan fingerprint density at radius 3 is 2.35 bits per heavy atom. The lowest BCUT2D eigenvalue weighted by atomic mass is 10.2. The van der Waals surface area contributed by atoms with Crippen LogP contribution in [-0.4, -0.2) is 21.6 Å². The number of aryl methyl sites for hydroxylation is 2. The smallest absolute Gasteiger partial charge is 0.276 e. The summed E-state index contributed by atoms with van der Waals surface area (Å²) in [6.45, 7) is 3.31. The molecule has 0 radical (unpaired) electrons. The van der Waals surface area contributed by atoms with Crippen molar-refractivity contribution in [3.05, 3.63) is 41.7 Å². The number of nitrogens with one attached hydrogen (secondary N) is 2. The third-order valence-corrected chi connectivity index (χ3v) is 2.79. The molecule has 0 atom stereocenters. The lowest BCUT2D eigenvalue weighted by molar-refractivity contribution is -0.114. The highest BCUT2D eigenvalue weighted by Crippen LogP contribution is 2.16. The first-order valence-corrected chi connectivity index (χ1v) is 6.15. The molecule has 104 valence electrons. The molecule has 0 saturated carbocycles. The summed E-state index contributed by atoms with van der Waals surface area (Å²) in [6.07, 6.45) is 0. The number of carbonyl (C=O) groups excluding carboxylic acids is 2. The van der Waals surface area contributed by atoms with Gasteiger partial charge in [-0.3, -0.25) is 14.3 Å². The number of hydrogen-bond donors (Lipinski definition) is 2. The van der Waals surface area contributed by atoms with Gasteiger partial charge in [0, 0.05) is 31.0 Å². The highest BCUT2D eigenvalue weighted by atomic mass is 16.2. The third-order valence-electron chi connectivity index (χ3n) is 2.79. The van der Waals surface area contributed by atoms with Crippen molar-refractivity contribution >= 4 is 23.2 Å². The number of benzene rings is 1. The summed E-state index contributed by atoms with van der Waals surface area (Å²) in [5.41, 5.74) is 2.49. The average molecular weight is 272 g/mol. The Kier molecular flexibility index (Phi) is 3.84. The van der Waals surface area contributed by atoms with Crippen molar-refractivity contribution in [1.29, 1.82) is 0 Å². The molecule has 2 aromatic rings. The van der Waals surface area contributed by atoms with E-state index in [1.807, 2.05) is 6.92 Å². The van der Waals surface area contributed by atoms with Crippen LogP contribution in [0.3, 0.4) is 0 Å². The van der Waals surface area contributed by atoms with E-state index < -0.39 is 0 Å². The Balaban J connectivity index is 2.13. The number of amides is 2. The first-order chi connectivity index (χ1) is 9.45. The van der Waals surface area contributed by atoms with Crippen LogP contribution >= 0.6 is 0 Å². The largest absolute Gasteiger partial charge is 0.326 e. The molecular formula is C14H16N4O2. The molecule has 2 amide bonds. The molecule has 1 aromatic heterocycles. The predicted octanol–water partition coefficient (Wildman–Crippen LogP) is 1.94. The molecule has 0 unspecified atom stereocenters. The van der Waals surface area contributed by atoms with Gasteiger partial charge >= 0.3 is 0 Å². The zero-order valence-corrected chi connectivity index (χ0v) is 11.6. The van der Waals surface area contributed by atoms with Gasteiger partial charge in [0.05, 0.1) is 0 Å². The van der Waals surface area contributed by atoms with E-state index in [1.165, 1.54) is 6.92 Å². The molecule has 1 heterocycles. The standard InChI is InChI=1S/C14H16N4O2/c1-9-7-13(17-18(9)3)14(20)16-12-6-4-5-11(8-12)15-10(2)19/h4-8H,1-3H3,(H,15,19)(H,16,20). The molecule has 0 aliphatic rings. The minimum atomic E-state index is -0.284. The van der Waals surface area contributed by atoms with Crippen LogP contribution in [0.1, 0.15) is 23.1 Å². The SMILES string of the molecule is CC(=O)Nc1cccc(NC(=O)c2cc(C)n(C)n2)c1. The Hall–Kier alpha value is -2.63. The van der Waals surface area contributed by atoms with Crippen LogP contribution in [0, 0.1) is 6.92 Å². The van der Waals surface area contributed by atoms with Gasteiger partial charge in [0.2, 0.25) is 5.91 Å². The van der Waals surface area contributed by atoms with Gasteiger partial charge in [-0.15, -0.1) is 0 Å². The molecule has 6 nitrogen and oxygen atoms in total. The number of carbonyl (C=O) groups is 2. The fourth-order valence-corrected chi connectivity index (χ4v) is 1.74. The molecule has 2 rings (SSSR count). The minimum Gasteiger partial charge on any atom is -0.326 e. The molecule has 0 aliphatic heterocycles. The van der Waals surface area contributed by atoms with E-state index in [-0.39, 0.29) is 11.8 Å². The van der Waals surface area contributed by atoms with Crippen molar-refractivity contribution in [3.8, 4) is 0 Å². The summed E-state index contributed by atoms with van der Waals surface area (Å²) in [6, 6.07) is 8.66. The molecule has 0 fully saturated rings. The van der Waals surface area contributed by atoms with Gasteiger partial charge in [0.1, 0.15) is 0 Å². The molecule has 0 aliphatic carbocycles. The first-order valence-electron chi connectivity index (χ1n) is 6.15. The summed E-state index contributed by atoms with van der Waals surface area (Å²) >= 11 is 0. The van der Waals surface area contributed by atoms with Gasteiger partial charge in [-0.1, -0.05) is 6.07 Å². The van der Waals surface area contributed by atoms with Crippen LogP contribution in [0.15, 0.2) is 30.3 Å². The van der Waals surface area contributed by atoms with Gasteiger partial charge in [0.25, 0.3) is 5.91 Å². The second-order valence-electron chi connectivity index (χ2n) is 4.51. The molecule has 0 saturated heterocycles. The Morgan fingerprint density at radius 1 is 1.15 bits per heavy atom. The molecule has 2 N–H and O–H groups in total. The monoisotopic (exact) mass is 272 g/mol. The van der Waals surface area contributed by atoms with E-state index in [0.29, 0.717) is 17.1 Å². The van der Waals surface area contributed by atoms with Crippen molar-refractivity contribution in [2.45, 2.75) is 13.8 Å². The number of nitrogens with zero attached hydrogens (tertiary/aromatic N) is 2. The zero-order valence-electron chi connectivity index (χ0n) is 11.6. The summed E-state index contributed by atoms with van der Waals surface area (Å²) in [4.78, 5) is 23.0. The van der Waals surface area contributed by atoms with E-state index in [0.717, 1.165) is 5.69 Å². The van der Waals surface area contributed by atoms with Crippen LogP contribution in [0.2, 0.25) is 0 Å². The Bertz CT molecular complexity index is 641. The van der Waals surface area contributed by atoms with Gasteiger partial charge in [-0.25, -0.2) is 0 Å². The van der Waals surface area contributed by atoms with Crippen LogP contribution in [-0.2, 0) is 11.8 Å². The molecule has 6 heteroatoms. The maximum Gasteiger partial charge on any atom is 0.276 e. The summed E-state index contributed by atoms with van der Waals surface area (Å²) in [5.74, 6) is -0.442. The van der Waals surface area contributed by atoms with E-state index in [9.17, 15) is 9.59 Å². The maximum absolute atomic E-state index is 12.0. The molecule has 1 aromatic carbocycles. The predicted molar refractivity (Wildman–Crippen MR) is 76.6 cm³/mol. The van der Waals surface area contributed by atoms with Crippen molar-refractivity contribution in [3.63, 3.8) is 0 Å². The lowest BCUT2D eigenvalue weighted by Crippen LogP contribution is -2.13. The highest BCUT2D eigenvalue weighted by Gasteiger charge is 2.11. The normalized spacial score (nSPS) is 10.2. The van der Waals surface area contributed by atoms with Crippen LogP contribution < -0.4 is 10.6 Å². The lowest BCUT2D eigenvalue weighted by Gasteiger charge is -2.06. The highest BCUT2D eigenvalue weighted by molar-refractivity contribution is 6.03. The molecular weight excluding hydrogens is 256 g/mol. The fourth-order valence-electron chi connectivity index (χ4n) is 1.74. The topological polar surface area (TPSA) is 76.0 Å². The van der Waals surface area contributed by atoms with Crippen LogP contribution in [0.25, 0.3) is 0 Å². The van der Waals surface area contributed by atoms with Crippen molar-refractivity contribution in [2.24, 2.45) is 7.05 Å². The summed E-state index contributed by atoms with van der Waals surface area (Å²) in [5, 5.41) is 9.52. The minimum absolute atomic E-state index is 0.158. The second kappa shape index (κ2) is 5.56. The zero-order chi connectivity index (χ0) is 14.7.